The van der Waals surface area contributed by atoms with E-state index < -0.39 is 10.2 Å². The summed E-state index contributed by atoms with van der Waals surface area (Å²) in [5.41, 5.74) is 0. The second-order valence-corrected chi connectivity index (χ2v) is 8.15. The highest BCUT2D eigenvalue weighted by Gasteiger charge is 2.34. The molecular formula is C14H28N4O3S. The standard InChI is InChI=1S/C14H28N4O3S/c1-15-14(19)12-17-8-10-18(11-9-17)22(20,21)16(2)13-6-4-3-5-7-13/h13H,3-12H2,1-2H3,(H,15,19). The highest BCUT2D eigenvalue weighted by molar-refractivity contribution is 7.86. The Hall–Kier alpha value is -0.700. The van der Waals surface area contributed by atoms with Crippen molar-refractivity contribution in [1.29, 1.82) is 0 Å². The van der Waals surface area contributed by atoms with Gasteiger partial charge in [-0.25, -0.2) is 0 Å². The predicted octanol–water partition coefficient (Wildman–Crippen LogP) is -0.141. The minimum atomic E-state index is -3.38. The Morgan fingerprint density at radius 2 is 1.73 bits per heavy atom. The van der Waals surface area contributed by atoms with Gasteiger partial charge in [-0.15, -0.1) is 0 Å². The van der Waals surface area contributed by atoms with Gasteiger partial charge in [-0.3, -0.25) is 9.69 Å². The fourth-order valence-electron chi connectivity index (χ4n) is 3.22. The van der Waals surface area contributed by atoms with Crippen molar-refractivity contribution in [3.05, 3.63) is 0 Å². The van der Waals surface area contributed by atoms with Crippen molar-refractivity contribution in [3.8, 4) is 0 Å². The number of amides is 1. The molecule has 0 aromatic rings. The zero-order valence-corrected chi connectivity index (χ0v) is 14.4. The van der Waals surface area contributed by atoms with Gasteiger partial charge in [0.15, 0.2) is 0 Å². The summed E-state index contributed by atoms with van der Waals surface area (Å²) in [6.45, 7) is 2.45. The van der Waals surface area contributed by atoms with E-state index in [1.165, 1.54) is 6.42 Å². The number of nitrogens with one attached hydrogen (secondary N) is 1. The van der Waals surface area contributed by atoms with E-state index in [0.717, 1.165) is 25.7 Å². The summed E-state index contributed by atoms with van der Waals surface area (Å²) in [5.74, 6) is -0.0318. The van der Waals surface area contributed by atoms with E-state index in [1.807, 2.05) is 4.90 Å². The molecule has 0 unspecified atom stereocenters. The van der Waals surface area contributed by atoms with Gasteiger partial charge in [0, 0.05) is 46.3 Å². The Labute approximate surface area is 133 Å². The van der Waals surface area contributed by atoms with Crippen LogP contribution >= 0.6 is 0 Å². The molecule has 0 spiro atoms. The summed E-state index contributed by atoms with van der Waals surface area (Å²) in [5, 5.41) is 2.59. The van der Waals surface area contributed by atoms with E-state index in [-0.39, 0.29) is 11.9 Å². The first-order valence-electron chi connectivity index (χ1n) is 8.11. The molecule has 22 heavy (non-hydrogen) atoms. The van der Waals surface area contributed by atoms with Crippen LogP contribution in [0.15, 0.2) is 0 Å². The molecule has 8 heteroatoms. The summed E-state index contributed by atoms with van der Waals surface area (Å²) in [7, 11) is -0.0559. The summed E-state index contributed by atoms with van der Waals surface area (Å²) in [6, 6.07) is 0.141. The number of nitrogens with zero attached hydrogens (tertiary/aromatic N) is 3. The molecule has 0 aromatic heterocycles. The van der Waals surface area contributed by atoms with Gasteiger partial charge in [-0.05, 0) is 12.8 Å². The zero-order chi connectivity index (χ0) is 16.2. The average molecular weight is 332 g/mol. The second-order valence-electron chi connectivity index (χ2n) is 6.16. The maximum atomic E-state index is 12.7. The molecule has 1 amide bonds. The molecule has 128 valence electrons. The van der Waals surface area contributed by atoms with E-state index in [0.29, 0.717) is 32.7 Å². The fourth-order valence-corrected chi connectivity index (χ4v) is 4.79. The number of hydrogen-bond acceptors (Lipinski definition) is 4. The number of carbonyl (C=O) groups excluding carboxylic acids is 1. The van der Waals surface area contributed by atoms with Crippen molar-refractivity contribution in [2.45, 2.75) is 38.1 Å². The molecule has 1 heterocycles. The van der Waals surface area contributed by atoms with E-state index in [4.69, 9.17) is 0 Å². The van der Waals surface area contributed by atoms with Crippen LogP contribution < -0.4 is 5.32 Å². The fraction of sp³-hybridized carbons (Fsp3) is 0.929. The van der Waals surface area contributed by atoms with E-state index in [9.17, 15) is 13.2 Å². The van der Waals surface area contributed by atoms with Crippen LogP contribution in [0.25, 0.3) is 0 Å². The third kappa shape index (κ3) is 4.18. The van der Waals surface area contributed by atoms with Crippen molar-refractivity contribution in [3.63, 3.8) is 0 Å². The van der Waals surface area contributed by atoms with Crippen LogP contribution in [0.3, 0.4) is 0 Å². The quantitative estimate of drug-likeness (QED) is 0.760. The molecule has 1 saturated heterocycles. The molecule has 1 N–H and O–H groups in total. The SMILES string of the molecule is CNC(=O)CN1CCN(S(=O)(=O)N(C)C2CCCCC2)CC1. The number of carbonyl (C=O) groups is 1. The van der Waals surface area contributed by atoms with Gasteiger partial charge in [0.05, 0.1) is 6.54 Å². The molecule has 1 saturated carbocycles. The Morgan fingerprint density at radius 1 is 1.14 bits per heavy atom. The number of rotatable bonds is 5. The van der Waals surface area contributed by atoms with Gasteiger partial charge >= 0.3 is 0 Å². The minimum Gasteiger partial charge on any atom is -0.358 e. The van der Waals surface area contributed by atoms with Crippen molar-refractivity contribution in [2.75, 3.05) is 46.8 Å². The summed E-state index contributed by atoms with van der Waals surface area (Å²) >= 11 is 0. The van der Waals surface area contributed by atoms with Crippen LogP contribution in [0, 0.1) is 0 Å². The smallest absolute Gasteiger partial charge is 0.282 e. The molecule has 0 radical (unpaired) electrons. The molecular weight excluding hydrogens is 304 g/mol. The van der Waals surface area contributed by atoms with Crippen LogP contribution in [-0.4, -0.2) is 80.7 Å². The first kappa shape index (κ1) is 17.7. The normalized spacial score (nSPS) is 22.9. The van der Waals surface area contributed by atoms with Crippen molar-refractivity contribution >= 4 is 16.1 Å². The van der Waals surface area contributed by atoms with Crippen LogP contribution in [0.5, 0.6) is 0 Å². The third-order valence-corrected chi connectivity index (χ3v) is 6.80. The Balaban J connectivity index is 1.89. The lowest BCUT2D eigenvalue weighted by Crippen LogP contribution is -2.55. The number of likely N-dealkylation sites (N-methyl/N-ethyl adjacent to an activating group) is 1. The topological polar surface area (TPSA) is 73.0 Å². The molecule has 0 bridgehead atoms. The highest BCUT2D eigenvalue weighted by atomic mass is 32.2. The first-order chi connectivity index (χ1) is 10.4. The lowest BCUT2D eigenvalue weighted by atomic mass is 9.96. The average Bonchev–Trinajstić information content (AvgIpc) is 2.55. The molecule has 2 rings (SSSR count). The molecule has 0 aromatic carbocycles. The number of hydrogen-bond donors (Lipinski definition) is 1. The maximum absolute atomic E-state index is 12.7. The van der Waals surface area contributed by atoms with Crippen molar-refractivity contribution < 1.29 is 13.2 Å². The van der Waals surface area contributed by atoms with Crippen LogP contribution in [0.4, 0.5) is 0 Å². The van der Waals surface area contributed by atoms with E-state index in [1.54, 1.807) is 22.7 Å². The lowest BCUT2D eigenvalue weighted by molar-refractivity contribution is -0.122. The molecule has 2 aliphatic rings. The molecule has 1 aliphatic carbocycles. The predicted molar refractivity (Wildman–Crippen MR) is 85.6 cm³/mol. The van der Waals surface area contributed by atoms with Crippen molar-refractivity contribution in [1.82, 2.24) is 18.8 Å². The summed E-state index contributed by atoms with van der Waals surface area (Å²) in [4.78, 5) is 13.4. The van der Waals surface area contributed by atoms with Gasteiger partial charge in [-0.1, -0.05) is 19.3 Å². The second kappa shape index (κ2) is 7.72. The summed E-state index contributed by atoms with van der Waals surface area (Å²) in [6.07, 6.45) is 5.37. The maximum Gasteiger partial charge on any atom is 0.282 e. The van der Waals surface area contributed by atoms with Crippen molar-refractivity contribution in [2.24, 2.45) is 0 Å². The van der Waals surface area contributed by atoms with Gasteiger partial charge in [0.25, 0.3) is 10.2 Å². The molecule has 0 atom stereocenters. The lowest BCUT2D eigenvalue weighted by Gasteiger charge is -2.38. The van der Waals surface area contributed by atoms with Crippen LogP contribution in [0.2, 0.25) is 0 Å². The zero-order valence-electron chi connectivity index (χ0n) is 13.6. The largest absolute Gasteiger partial charge is 0.358 e. The van der Waals surface area contributed by atoms with Gasteiger partial charge in [0.2, 0.25) is 5.91 Å². The van der Waals surface area contributed by atoms with E-state index in [2.05, 4.69) is 5.32 Å². The Bertz CT molecular complexity index is 468. The summed E-state index contributed by atoms with van der Waals surface area (Å²) < 4.78 is 28.6. The van der Waals surface area contributed by atoms with Gasteiger partial charge in [-0.2, -0.15) is 17.0 Å². The Kier molecular flexibility index (Phi) is 6.19. The van der Waals surface area contributed by atoms with Crippen LogP contribution in [-0.2, 0) is 15.0 Å². The molecule has 1 aliphatic heterocycles. The Morgan fingerprint density at radius 3 is 2.27 bits per heavy atom. The van der Waals surface area contributed by atoms with Gasteiger partial charge in [0.1, 0.15) is 0 Å². The first-order valence-corrected chi connectivity index (χ1v) is 9.51. The van der Waals surface area contributed by atoms with Gasteiger partial charge < -0.3 is 5.32 Å². The number of piperazine rings is 1. The van der Waals surface area contributed by atoms with Crippen LogP contribution in [0.1, 0.15) is 32.1 Å². The minimum absolute atomic E-state index is 0.0318. The monoisotopic (exact) mass is 332 g/mol. The third-order valence-electron chi connectivity index (χ3n) is 4.76. The molecule has 7 nitrogen and oxygen atoms in total. The molecule has 2 fully saturated rings. The highest BCUT2D eigenvalue weighted by Crippen LogP contribution is 2.25. The van der Waals surface area contributed by atoms with E-state index >= 15 is 0 Å².